The average Bonchev–Trinajstić information content (AvgIpc) is 3.21. The summed E-state index contributed by atoms with van der Waals surface area (Å²) in [4.78, 5) is 12.3. The van der Waals surface area contributed by atoms with Gasteiger partial charge in [0.15, 0.2) is 11.0 Å². The van der Waals surface area contributed by atoms with Crippen LogP contribution in [-0.4, -0.2) is 20.8 Å². The number of hydrogen-bond acceptors (Lipinski definition) is 4. The molecule has 0 radical (unpaired) electrons. The lowest BCUT2D eigenvalue weighted by molar-refractivity contribution is 0.251. The number of carbonyl (C=O) groups is 1. The molecule has 0 saturated heterocycles. The summed E-state index contributed by atoms with van der Waals surface area (Å²) in [6.07, 6.45) is 0. The van der Waals surface area contributed by atoms with E-state index in [1.807, 2.05) is 41.8 Å². The summed E-state index contributed by atoms with van der Waals surface area (Å²) in [7, 11) is 0. The summed E-state index contributed by atoms with van der Waals surface area (Å²) in [6.45, 7) is 4.23. The molecule has 0 aliphatic heterocycles. The molecule has 0 unspecified atom stereocenters. The van der Waals surface area contributed by atoms with Gasteiger partial charge in [-0.25, -0.2) is 9.18 Å². The molecule has 4 aromatic rings. The van der Waals surface area contributed by atoms with Crippen molar-refractivity contribution in [2.24, 2.45) is 0 Å². The largest absolute Gasteiger partial charge is 0.331 e. The van der Waals surface area contributed by atoms with E-state index in [1.165, 1.54) is 23.3 Å². The van der Waals surface area contributed by atoms with E-state index in [9.17, 15) is 9.18 Å². The maximum Gasteiger partial charge on any atom is 0.319 e. The molecule has 0 saturated carbocycles. The van der Waals surface area contributed by atoms with Crippen LogP contribution in [0.15, 0.2) is 78.0 Å². The van der Waals surface area contributed by atoms with E-state index >= 15 is 0 Å². The number of aryl methyl sites for hydroxylation is 2. The molecule has 33 heavy (non-hydrogen) atoms. The number of thioether (sulfide) groups is 1. The van der Waals surface area contributed by atoms with Gasteiger partial charge in [0, 0.05) is 11.4 Å². The number of para-hydroxylation sites is 1. The van der Waals surface area contributed by atoms with E-state index in [1.54, 1.807) is 23.9 Å². The molecule has 168 valence electrons. The van der Waals surface area contributed by atoms with Crippen LogP contribution >= 0.6 is 11.8 Å². The number of anilines is 1. The molecule has 6 nitrogen and oxygen atoms in total. The molecule has 0 atom stereocenters. The van der Waals surface area contributed by atoms with Gasteiger partial charge in [-0.2, -0.15) is 0 Å². The van der Waals surface area contributed by atoms with Crippen LogP contribution in [0.4, 0.5) is 14.9 Å². The topological polar surface area (TPSA) is 71.8 Å². The third kappa shape index (κ3) is 5.78. The van der Waals surface area contributed by atoms with Crippen molar-refractivity contribution < 1.29 is 9.18 Å². The van der Waals surface area contributed by atoms with Crippen LogP contribution in [0.1, 0.15) is 22.5 Å². The fourth-order valence-electron chi connectivity index (χ4n) is 3.30. The second-order valence-electron chi connectivity index (χ2n) is 7.64. The van der Waals surface area contributed by atoms with Gasteiger partial charge in [-0.3, -0.25) is 4.57 Å². The standard InChI is InChI=1S/C25H24FN5OS/c1-17-10-12-20(13-11-17)31-23(15-27-24(32)28-22-9-4-3-8-21(22)26)29-30-25(31)33-16-19-7-5-6-18(2)14-19/h3-14H,15-16H2,1-2H3,(H2,27,28,32). The van der Waals surface area contributed by atoms with Gasteiger partial charge >= 0.3 is 6.03 Å². The van der Waals surface area contributed by atoms with Crippen molar-refractivity contribution in [3.05, 3.63) is 101 Å². The minimum atomic E-state index is -0.521. The lowest BCUT2D eigenvalue weighted by Crippen LogP contribution is -2.29. The number of urea groups is 1. The molecule has 0 aliphatic carbocycles. The van der Waals surface area contributed by atoms with Crippen LogP contribution in [0, 0.1) is 19.7 Å². The van der Waals surface area contributed by atoms with Crippen LogP contribution in [0.5, 0.6) is 0 Å². The van der Waals surface area contributed by atoms with Crippen molar-refractivity contribution >= 4 is 23.5 Å². The van der Waals surface area contributed by atoms with Crippen molar-refractivity contribution in [2.45, 2.75) is 31.3 Å². The SMILES string of the molecule is Cc1ccc(-n2c(CNC(=O)Nc3ccccc3F)nnc2SCc2cccc(C)c2)cc1. The fraction of sp³-hybridized carbons (Fsp3) is 0.160. The molecular formula is C25H24FN5OS. The number of benzene rings is 3. The number of halogens is 1. The van der Waals surface area contributed by atoms with E-state index in [0.29, 0.717) is 5.82 Å². The normalized spacial score (nSPS) is 10.8. The van der Waals surface area contributed by atoms with E-state index < -0.39 is 11.8 Å². The Morgan fingerprint density at radius 2 is 1.76 bits per heavy atom. The van der Waals surface area contributed by atoms with Gasteiger partial charge in [-0.1, -0.05) is 71.4 Å². The molecule has 0 aliphatic rings. The Bertz CT molecular complexity index is 1260. The Morgan fingerprint density at radius 3 is 2.52 bits per heavy atom. The van der Waals surface area contributed by atoms with Crippen molar-refractivity contribution in [2.75, 3.05) is 5.32 Å². The van der Waals surface area contributed by atoms with Gasteiger partial charge in [-0.05, 0) is 43.7 Å². The molecule has 0 fully saturated rings. The van der Waals surface area contributed by atoms with Crippen molar-refractivity contribution in [1.82, 2.24) is 20.1 Å². The third-order valence-electron chi connectivity index (χ3n) is 4.97. The number of aromatic nitrogens is 3. The minimum Gasteiger partial charge on any atom is -0.331 e. The van der Waals surface area contributed by atoms with Crippen LogP contribution in [0.2, 0.25) is 0 Å². The van der Waals surface area contributed by atoms with Gasteiger partial charge in [0.2, 0.25) is 0 Å². The highest BCUT2D eigenvalue weighted by atomic mass is 32.2. The summed E-state index contributed by atoms with van der Waals surface area (Å²) in [5.41, 5.74) is 4.57. The summed E-state index contributed by atoms with van der Waals surface area (Å²) >= 11 is 1.58. The van der Waals surface area contributed by atoms with Crippen molar-refractivity contribution in [3.8, 4) is 5.69 Å². The van der Waals surface area contributed by atoms with Crippen molar-refractivity contribution in [1.29, 1.82) is 0 Å². The van der Waals surface area contributed by atoms with Crippen LogP contribution < -0.4 is 10.6 Å². The first-order valence-corrected chi connectivity index (χ1v) is 11.5. The number of hydrogen-bond donors (Lipinski definition) is 2. The number of carbonyl (C=O) groups excluding carboxylic acids is 1. The molecular weight excluding hydrogens is 437 g/mol. The Hall–Kier alpha value is -3.65. The molecule has 3 aromatic carbocycles. The fourth-order valence-corrected chi connectivity index (χ4v) is 4.21. The molecule has 0 spiro atoms. The smallest absolute Gasteiger partial charge is 0.319 e. The summed E-state index contributed by atoms with van der Waals surface area (Å²) in [5, 5.41) is 14.7. The van der Waals surface area contributed by atoms with Crippen LogP contribution in [-0.2, 0) is 12.3 Å². The van der Waals surface area contributed by atoms with Gasteiger partial charge < -0.3 is 10.6 Å². The second kappa shape index (κ2) is 10.3. The highest BCUT2D eigenvalue weighted by Crippen LogP contribution is 2.26. The lowest BCUT2D eigenvalue weighted by Gasteiger charge is -2.12. The van der Waals surface area contributed by atoms with Gasteiger partial charge in [0.25, 0.3) is 0 Å². The second-order valence-corrected chi connectivity index (χ2v) is 8.58. The molecule has 1 aromatic heterocycles. The quantitative estimate of drug-likeness (QED) is 0.350. The predicted octanol–water partition coefficient (Wildman–Crippen LogP) is 5.64. The van der Waals surface area contributed by atoms with Gasteiger partial charge in [-0.15, -0.1) is 10.2 Å². The monoisotopic (exact) mass is 461 g/mol. The molecule has 0 bridgehead atoms. The third-order valence-corrected chi connectivity index (χ3v) is 5.97. The maximum absolute atomic E-state index is 13.8. The summed E-state index contributed by atoms with van der Waals surface area (Å²) in [6, 6.07) is 21.9. The number of rotatable bonds is 7. The first kappa shape index (κ1) is 22.5. The predicted molar refractivity (Wildman–Crippen MR) is 129 cm³/mol. The zero-order chi connectivity index (χ0) is 23.2. The zero-order valence-electron chi connectivity index (χ0n) is 18.4. The van der Waals surface area contributed by atoms with Crippen LogP contribution in [0.3, 0.4) is 0 Å². The Kier molecular flexibility index (Phi) is 7.04. The molecule has 2 N–H and O–H groups in total. The Labute approximate surface area is 196 Å². The number of nitrogens with one attached hydrogen (secondary N) is 2. The Morgan fingerprint density at radius 1 is 0.970 bits per heavy atom. The first-order valence-electron chi connectivity index (χ1n) is 10.5. The minimum absolute atomic E-state index is 0.115. The van der Waals surface area contributed by atoms with E-state index in [2.05, 4.69) is 46.0 Å². The van der Waals surface area contributed by atoms with E-state index in [-0.39, 0.29) is 12.2 Å². The van der Waals surface area contributed by atoms with Gasteiger partial charge in [0.05, 0.1) is 12.2 Å². The Balaban J connectivity index is 1.52. The highest BCUT2D eigenvalue weighted by Gasteiger charge is 2.16. The highest BCUT2D eigenvalue weighted by molar-refractivity contribution is 7.98. The van der Waals surface area contributed by atoms with Gasteiger partial charge in [0.1, 0.15) is 5.82 Å². The van der Waals surface area contributed by atoms with Crippen molar-refractivity contribution in [3.63, 3.8) is 0 Å². The number of nitrogens with zero attached hydrogens (tertiary/aromatic N) is 3. The number of amides is 2. The molecule has 8 heteroatoms. The molecule has 2 amide bonds. The van der Waals surface area contributed by atoms with E-state index in [4.69, 9.17) is 0 Å². The molecule has 4 rings (SSSR count). The van der Waals surface area contributed by atoms with E-state index in [0.717, 1.165) is 22.2 Å². The summed E-state index contributed by atoms with van der Waals surface area (Å²) < 4.78 is 15.7. The molecule has 1 heterocycles. The first-order chi connectivity index (χ1) is 16.0. The maximum atomic E-state index is 13.8. The average molecular weight is 462 g/mol. The van der Waals surface area contributed by atoms with Crippen LogP contribution in [0.25, 0.3) is 5.69 Å². The summed E-state index contributed by atoms with van der Waals surface area (Å²) in [5.74, 6) is 0.826. The lowest BCUT2D eigenvalue weighted by atomic mass is 10.2. The zero-order valence-corrected chi connectivity index (χ0v) is 19.2.